The van der Waals surface area contributed by atoms with Crippen LogP contribution in [0.5, 0.6) is 0 Å². The summed E-state index contributed by atoms with van der Waals surface area (Å²) in [5.41, 5.74) is 1.08. The second-order valence-corrected chi connectivity index (χ2v) is 3.00. The number of thiocarbonyl (C=S) groups is 1. The maximum atomic E-state index is 5.37. The van der Waals surface area contributed by atoms with E-state index < -0.39 is 0 Å². The van der Waals surface area contributed by atoms with E-state index in [0.717, 1.165) is 5.56 Å². The maximum absolute atomic E-state index is 5.37. The smallest absolute Gasteiger partial charge is 0.273 e. The number of hydrazine groups is 1. The summed E-state index contributed by atoms with van der Waals surface area (Å²) in [4.78, 5) is 0. The highest BCUT2D eigenvalue weighted by atomic mass is 32.1. The van der Waals surface area contributed by atoms with Crippen molar-refractivity contribution in [2.45, 2.75) is 6.61 Å². The Balaban J connectivity index is 2.40. The molecule has 0 heterocycles. The molecule has 1 rings (SSSR count). The minimum atomic E-state index is 0.295. The van der Waals surface area contributed by atoms with Gasteiger partial charge < -0.3 is 4.74 Å². The molecule has 1 aromatic carbocycles. The fourth-order valence-corrected chi connectivity index (χ4v) is 0.880. The number of hydrogen-bond acceptors (Lipinski definition) is 3. The predicted molar refractivity (Wildman–Crippen MR) is 55.8 cm³/mol. The van der Waals surface area contributed by atoms with Crippen LogP contribution in [0, 0.1) is 0 Å². The van der Waals surface area contributed by atoms with Crippen LogP contribution in [0.3, 0.4) is 0 Å². The molecule has 0 spiro atoms. The second kappa shape index (κ2) is 4.79. The van der Waals surface area contributed by atoms with Crippen LogP contribution in [0.1, 0.15) is 5.56 Å². The van der Waals surface area contributed by atoms with E-state index in [2.05, 4.69) is 0 Å². The molecule has 0 saturated heterocycles. The number of ether oxygens (including phenoxy) is 1. The molecule has 0 saturated carbocycles. The highest BCUT2D eigenvalue weighted by molar-refractivity contribution is 7.79. The molecule has 0 aromatic heterocycles. The summed E-state index contributed by atoms with van der Waals surface area (Å²) in [6, 6.07) is 9.80. The Morgan fingerprint density at radius 2 is 2.08 bits per heavy atom. The number of nitrogens with zero attached hydrogens (tertiary/aromatic N) is 1. The number of rotatable bonds is 2. The lowest BCUT2D eigenvalue weighted by atomic mass is 10.2. The zero-order valence-electron chi connectivity index (χ0n) is 7.43. The summed E-state index contributed by atoms with van der Waals surface area (Å²) in [7, 11) is 1.65. The van der Waals surface area contributed by atoms with Crippen molar-refractivity contribution in [3.05, 3.63) is 35.9 Å². The first-order chi connectivity index (χ1) is 6.20. The van der Waals surface area contributed by atoms with Gasteiger partial charge in [0.05, 0.1) is 0 Å². The molecular weight excluding hydrogens is 184 g/mol. The molecule has 70 valence electrons. The Bertz CT molecular complexity index is 274. The standard InChI is InChI=1S/C9H12N2OS/c1-11(10)9(13)12-7-8-5-3-2-4-6-8/h2-6H,7,10H2,1H3. The van der Waals surface area contributed by atoms with Crippen LogP contribution in [0.25, 0.3) is 0 Å². The van der Waals surface area contributed by atoms with Crippen molar-refractivity contribution in [3.8, 4) is 0 Å². The fraction of sp³-hybridized carbons (Fsp3) is 0.222. The first-order valence-electron chi connectivity index (χ1n) is 3.89. The van der Waals surface area contributed by atoms with Crippen LogP contribution < -0.4 is 5.84 Å². The maximum Gasteiger partial charge on any atom is 0.273 e. The molecule has 0 fully saturated rings. The molecule has 3 nitrogen and oxygen atoms in total. The summed E-state index contributed by atoms with van der Waals surface area (Å²) < 4.78 is 5.22. The Morgan fingerprint density at radius 3 is 2.62 bits per heavy atom. The van der Waals surface area contributed by atoms with E-state index in [0.29, 0.717) is 11.8 Å². The summed E-state index contributed by atoms with van der Waals surface area (Å²) in [6.07, 6.45) is 0. The Hall–Kier alpha value is -1.13. The molecule has 0 unspecified atom stereocenters. The zero-order valence-corrected chi connectivity index (χ0v) is 8.25. The largest absolute Gasteiger partial charge is 0.465 e. The molecule has 0 aliphatic rings. The molecule has 0 bridgehead atoms. The number of hydrogen-bond donors (Lipinski definition) is 1. The molecule has 0 aliphatic carbocycles. The van der Waals surface area contributed by atoms with Crippen LogP contribution in [-0.4, -0.2) is 17.2 Å². The van der Waals surface area contributed by atoms with Gasteiger partial charge in [-0.2, -0.15) is 0 Å². The number of benzene rings is 1. The summed E-state index contributed by atoms with van der Waals surface area (Å²) in [5, 5.41) is 1.57. The Morgan fingerprint density at radius 1 is 1.46 bits per heavy atom. The molecule has 0 radical (unpaired) electrons. The van der Waals surface area contributed by atoms with E-state index in [1.165, 1.54) is 5.01 Å². The lowest BCUT2D eigenvalue weighted by molar-refractivity contribution is 0.248. The van der Waals surface area contributed by atoms with Crippen molar-refractivity contribution in [2.24, 2.45) is 5.84 Å². The minimum Gasteiger partial charge on any atom is -0.465 e. The van der Waals surface area contributed by atoms with Gasteiger partial charge in [-0.25, -0.2) is 5.84 Å². The monoisotopic (exact) mass is 196 g/mol. The van der Waals surface area contributed by atoms with Gasteiger partial charge in [0.15, 0.2) is 0 Å². The van der Waals surface area contributed by atoms with Crippen molar-refractivity contribution in [1.82, 2.24) is 5.01 Å². The minimum absolute atomic E-state index is 0.295. The topological polar surface area (TPSA) is 38.5 Å². The molecule has 0 aliphatic heterocycles. The SMILES string of the molecule is CN(N)C(=S)OCc1ccccc1. The van der Waals surface area contributed by atoms with Crippen molar-refractivity contribution in [2.75, 3.05) is 7.05 Å². The highest BCUT2D eigenvalue weighted by Crippen LogP contribution is 2.01. The van der Waals surface area contributed by atoms with Crippen molar-refractivity contribution >= 4 is 17.4 Å². The molecule has 4 heteroatoms. The third-order valence-corrected chi connectivity index (χ3v) is 1.90. The van der Waals surface area contributed by atoms with Crippen LogP contribution >= 0.6 is 12.2 Å². The van der Waals surface area contributed by atoms with E-state index in [9.17, 15) is 0 Å². The van der Waals surface area contributed by atoms with E-state index in [-0.39, 0.29) is 0 Å². The van der Waals surface area contributed by atoms with Crippen LogP contribution in [0.4, 0.5) is 0 Å². The second-order valence-electron chi connectivity index (χ2n) is 2.65. The average molecular weight is 196 g/mol. The fourth-order valence-electron chi connectivity index (χ4n) is 0.821. The lowest BCUT2D eigenvalue weighted by Crippen LogP contribution is -2.33. The normalized spacial score (nSPS) is 9.38. The Labute approximate surface area is 83.1 Å². The quantitative estimate of drug-likeness (QED) is 0.439. The van der Waals surface area contributed by atoms with Crippen LogP contribution in [0.2, 0.25) is 0 Å². The summed E-state index contributed by atoms with van der Waals surface area (Å²) in [5.74, 6) is 5.37. The van der Waals surface area contributed by atoms with Gasteiger partial charge in [-0.3, -0.25) is 5.01 Å². The lowest BCUT2D eigenvalue weighted by Gasteiger charge is -2.13. The van der Waals surface area contributed by atoms with Gasteiger partial charge in [0, 0.05) is 7.05 Å². The van der Waals surface area contributed by atoms with Gasteiger partial charge in [0.1, 0.15) is 6.61 Å². The predicted octanol–water partition coefficient (Wildman–Crippen LogP) is 1.29. The zero-order chi connectivity index (χ0) is 9.68. The van der Waals surface area contributed by atoms with Crippen molar-refractivity contribution < 1.29 is 4.74 Å². The Kier molecular flexibility index (Phi) is 3.67. The number of nitrogens with two attached hydrogens (primary N) is 1. The van der Waals surface area contributed by atoms with E-state index in [1.807, 2.05) is 30.3 Å². The van der Waals surface area contributed by atoms with Gasteiger partial charge in [-0.15, -0.1) is 0 Å². The molecule has 0 amide bonds. The van der Waals surface area contributed by atoms with Crippen molar-refractivity contribution in [1.29, 1.82) is 0 Å². The van der Waals surface area contributed by atoms with Crippen LogP contribution in [-0.2, 0) is 11.3 Å². The van der Waals surface area contributed by atoms with Gasteiger partial charge in [-0.1, -0.05) is 30.3 Å². The summed E-state index contributed by atoms with van der Waals surface area (Å²) >= 11 is 4.86. The van der Waals surface area contributed by atoms with Crippen molar-refractivity contribution in [3.63, 3.8) is 0 Å². The molecule has 13 heavy (non-hydrogen) atoms. The van der Waals surface area contributed by atoms with E-state index in [4.69, 9.17) is 22.8 Å². The van der Waals surface area contributed by atoms with Gasteiger partial charge in [-0.05, 0) is 17.8 Å². The highest BCUT2D eigenvalue weighted by Gasteiger charge is 1.99. The molecule has 0 atom stereocenters. The first-order valence-corrected chi connectivity index (χ1v) is 4.30. The molecule has 1 aromatic rings. The third-order valence-electron chi connectivity index (χ3n) is 1.49. The molecule has 2 N–H and O–H groups in total. The first kappa shape index (κ1) is 9.95. The third kappa shape index (κ3) is 3.40. The summed E-state index contributed by atoms with van der Waals surface area (Å²) in [6.45, 7) is 0.460. The van der Waals surface area contributed by atoms with Gasteiger partial charge in [0.25, 0.3) is 5.17 Å². The van der Waals surface area contributed by atoms with Gasteiger partial charge in [0.2, 0.25) is 0 Å². The molecular formula is C9H12N2OS. The van der Waals surface area contributed by atoms with E-state index in [1.54, 1.807) is 7.05 Å². The van der Waals surface area contributed by atoms with Crippen LogP contribution in [0.15, 0.2) is 30.3 Å². The van der Waals surface area contributed by atoms with Gasteiger partial charge >= 0.3 is 0 Å². The van der Waals surface area contributed by atoms with E-state index >= 15 is 0 Å². The average Bonchev–Trinajstić information content (AvgIpc) is 2.15.